The summed E-state index contributed by atoms with van der Waals surface area (Å²) in [6.45, 7) is 2.00. The minimum Gasteiger partial charge on any atom is -0.497 e. The Bertz CT molecular complexity index is 738. The lowest BCUT2D eigenvalue weighted by Crippen LogP contribution is -2.44. The standard InChI is InChI=1S/C21H25NO4S/c1-24-17-12-16(13-18(14-17)25-2)20(23)22-15-21(8-10-26-11-9-21)27-19-6-4-3-5-7-19/h3-7,12-14H,8-11,15H2,1-2H3,(H,22,23). The van der Waals surface area contributed by atoms with E-state index in [0.717, 1.165) is 12.8 Å². The summed E-state index contributed by atoms with van der Waals surface area (Å²) in [5.41, 5.74) is 0.526. The van der Waals surface area contributed by atoms with E-state index < -0.39 is 0 Å². The van der Waals surface area contributed by atoms with Crippen molar-refractivity contribution in [3.8, 4) is 11.5 Å². The van der Waals surface area contributed by atoms with Gasteiger partial charge in [-0.05, 0) is 37.1 Å². The molecular weight excluding hydrogens is 362 g/mol. The summed E-state index contributed by atoms with van der Waals surface area (Å²) in [6, 6.07) is 15.5. The Kier molecular flexibility index (Phi) is 6.63. The molecule has 1 N–H and O–H groups in total. The molecule has 0 saturated carbocycles. The molecule has 27 heavy (non-hydrogen) atoms. The summed E-state index contributed by atoms with van der Waals surface area (Å²) >= 11 is 1.82. The number of rotatable bonds is 7. The molecule has 0 aromatic heterocycles. The first-order chi connectivity index (χ1) is 13.1. The molecule has 2 aromatic carbocycles. The number of nitrogens with one attached hydrogen (secondary N) is 1. The van der Waals surface area contributed by atoms with Crippen LogP contribution >= 0.6 is 11.8 Å². The summed E-state index contributed by atoms with van der Waals surface area (Å²) in [4.78, 5) is 14.0. The molecular formula is C21H25NO4S. The van der Waals surface area contributed by atoms with E-state index >= 15 is 0 Å². The van der Waals surface area contributed by atoms with E-state index in [1.165, 1.54) is 4.90 Å². The van der Waals surface area contributed by atoms with Crippen molar-refractivity contribution in [2.75, 3.05) is 34.0 Å². The Morgan fingerprint density at radius 2 is 1.70 bits per heavy atom. The smallest absolute Gasteiger partial charge is 0.251 e. The van der Waals surface area contributed by atoms with Crippen LogP contribution in [0.1, 0.15) is 23.2 Å². The molecule has 0 unspecified atom stereocenters. The van der Waals surface area contributed by atoms with Crippen molar-refractivity contribution < 1.29 is 19.0 Å². The summed E-state index contributed by atoms with van der Waals surface area (Å²) in [5.74, 6) is 1.06. The first kappa shape index (κ1) is 19.6. The third kappa shape index (κ3) is 5.17. The van der Waals surface area contributed by atoms with Crippen LogP contribution in [0.15, 0.2) is 53.4 Å². The number of carbonyl (C=O) groups excluding carboxylic acids is 1. The molecule has 0 aliphatic carbocycles. The molecule has 3 rings (SSSR count). The van der Waals surface area contributed by atoms with Gasteiger partial charge in [0, 0.05) is 41.0 Å². The Hall–Kier alpha value is -2.18. The molecule has 0 bridgehead atoms. The molecule has 0 spiro atoms. The molecule has 1 aliphatic heterocycles. The molecule has 5 nitrogen and oxygen atoms in total. The van der Waals surface area contributed by atoms with Crippen LogP contribution in [0, 0.1) is 0 Å². The SMILES string of the molecule is COc1cc(OC)cc(C(=O)NCC2(Sc3ccccc3)CCOCC2)c1. The van der Waals surface area contributed by atoms with E-state index in [1.54, 1.807) is 32.4 Å². The minimum absolute atomic E-state index is 0.0712. The van der Waals surface area contributed by atoms with E-state index in [2.05, 4.69) is 17.4 Å². The maximum Gasteiger partial charge on any atom is 0.251 e. The zero-order chi connectivity index (χ0) is 19.1. The Morgan fingerprint density at radius 1 is 1.07 bits per heavy atom. The lowest BCUT2D eigenvalue weighted by molar-refractivity contribution is 0.0741. The number of ether oxygens (including phenoxy) is 3. The number of methoxy groups -OCH3 is 2. The topological polar surface area (TPSA) is 56.8 Å². The zero-order valence-corrected chi connectivity index (χ0v) is 16.5. The molecule has 1 heterocycles. The van der Waals surface area contributed by atoms with Crippen molar-refractivity contribution in [2.24, 2.45) is 0 Å². The second-order valence-corrected chi connectivity index (χ2v) is 8.04. The highest BCUT2D eigenvalue weighted by Crippen LogP contribution is 2.40. The summed E-state index contributed by atoms with van der Waals surface area (Å²) in [5, 5.41) is 3.11. The van der Waals surface area contributed by atoms with Crippen molar-refractivity contribution in [1.29, 1.82) is 0 Å². The van der Waals surface area contributed by atoms with Crippen LogP contribution in [0.3, 0.4) is 0 Å². The molecule has 144 valence electrons. The van der Waals surface area contributed by atoms with Crippen LogP contribution in [0.4, 0.5) is 0 Å². The maximum atomic E-state index is 12.8. The molecule has 6 heteroatoms. The van der Waals surface area contributed by atoms with Gasteiger partial charge in [0.05, 0.1) is 14.2 Å². The van der Waals surface area contributed by atoms with Gasteiger partial charge in [0.25, 0.3) is 5.91 Å². The zero-order valence-electron chi connectivity index (χ0n) is 15.7. The average molecular weight is 388 g/mol. The van der Waals surface area contributed by atoms with Gasteiger partial charge in [0.1, 0.15) is 11.5 Å². The van der Waals surface area contributed by atoms with Gasteiger partial charge in [-0.25, -0.2) is 0 Å². The molecule has 2 aromatic rings. The summed E-state index contributed by atoms with van der Waals surface area (Å²) < 4.78 is 16.0. The Morgan fingerprint density at radius 3 is 2.30 bits per heavy atom. The number of carbonyl (C=O) groups is 1. The number of hydrogen-bond acceptors (Lipinski definition) is 5. The van der Waals surface area contributed by atoms with Crippen LogP contribution < -0.4 is 14.8 Å². The van der Waals surface area contributed by atoms with E-state index in [1.807, 2.05) is 30.0 Å². The fourth-order valence-electron chi connectivity index (χ4n) is 3.08. The van der Waals surface area contributed by atoms with Crippen molar-refractivity contribution in [1.82, 2.24) is 5.32 Å². The van der Waals surface area contributed by atoms with Gasteiger partial charge in [0.15, 0.2) is 0 Å². The highest BCUT2D eigenvalue weighted by atomic mass is 32.2. The second-order valence-electron chi connectivity index (χ2n) is 6.49. The van der Waals surface area contributed by atoms with Crippen LogP contribution in [0.5, 0.6) is 11.5 Å². The van der Waals surface area contributed by atoms with Crippen molar-refractivity contribution in [2.45, 2.75) is 22.5 Å². The minimum atomic E-state index is -0.133. The fraction of sp³-hybridized carbons (Fsp3) is 0.381. The van der Waals surface area contributed by atoms with Gasteiger partial charge in [-0.2, -0.15) is 0 Å². The van der Waals surface area contributed by atoms with Crippen molar-refractivity contribution in [3.05, 3.63) is 54.1 Å². The predicted molar refractivity (Wildman–Crippen MR) is 107 cm³/mol. The second kappa shape index (κ2) is 9.15. The van der Waals surface area contributed by atoms with Crippen LogP contribution in [-0.2, 0) is 4.74 Å². The Labute approximate surface area is 164 Å². The van der Waals surface area contributed by atoms with Gasteiger partial charge in [0.2, 0.25) is 0 Å². The highest BCUT2D eigenvalue weighted by molar-refractivity contribution is 8.00. The molecule has 0 radical (unpaired) electrons. The third-order valence-electron chi connectivity index (χ3n) is 4.67. The van der Waals surface area contributed by atoms with Gasteiger partial charge < -0.3 is 19.5 Å². The molecule has 1 saturated heterocycles. The monoisotopic (exact) mass is 387 g/mol. The van der Waals surface area contributed by atoms with E-state index in [0.29, 0.717) is 36.8 Å². The molecule has 1 fully saturated rings. The number of hydrogen-bond donors (Lipinski definition) is 1. The quantitative estimate of drug-likeness (QED) is 0.784. The van der Waals surface area contributed by atoms with Crippen LogP contribution in [0.2, 0.25) is 0 Å². The van der Waals surface area contributed by atoms with E-state index in [9.17, 15) is 4.79 Å². The summed E-state index contributed by atoms with van der Waals surface area (Å²) in [6.07, 6.45) is 1.79. The van der Waals surface area contributed by atoms with Crippen molar-refractivity contribution in [3.63, 3.8) is 0 Å². The lowest BCUT2D eigenvalue weighted by atomic mass is 9.99. The molecule has 0 atom stereocenters. The van der Waals surface area contributed by atoms with Crippen LogP contribution in [0.25, 0.3) is 0 Å². The first-order valence-corrected chi connectivity index (χ1v) is 9.79. The molecule has 1 aliphatic rings. The first-order valence-electron chi connectivity index (χ1n) is 8.97. The van der Waals surface area contributed by atoms with E-state index in [-0.39, 0.29) is 10.7 Å². The normalized spacial score (nSPS) is 15.8. The average Bonchev–Trinajstić information content (AvgIpc) is 2.73. The summed E-state index contributed by atoms with van der Waals surface area (Å²) in [7, 11) is 3.15. The highest BCUT2D eigenvalue weighted by Gasteiger charge is 2.34. The number of thioether (sulfide) groups is 1. The predicted octanol–water partition coefficient (Wildman–Crippen LogP) is 3.78. The third-order valence-corrected chi connectivity index (χ3v) is 6.16. The van der Waals surface area contributed by atoms with Crippen molar-refractivity contribution >= 4 is 17.7 Å². The van der Waals surface area contributed by atoms with Gasteiger partial charge in [-0.15, -0.1) is 11.8 Å². The fourth-order valence-corrected chi connectivity index (χ4v) is 4.39. The van der Waals surface area contributed by atoms with E-state index in [4.69, 9.17) is 14.2 Å². The van der Waals surface area contributed by atoms with Gasteiger partial charge >= 0.3 is 0 Å². The maximum absolute atomic E-state index is 12.8. The largest absolute Gasteiger partial charge is 0.497 e. The number of amides is 1. The number of benzene rings is 2. The molecule has 1 amide bonds. The lowest BCUT2D eigenvalue weighted by Gasteiger charge is -2.36. The Balaban J connectivity index is 1.72. The van der Waals surface area contributed by atoms with Gasteiger partial charge in [-0.1, -0.05) is 18.2 Å². The van der Waals surface area contributed by atoms with Crippen LogP contribution in [-0.4, -0.2) is 44.6 Å². The van der Waals surface area contributed by atoms with Gasteiger partial charge in [-0.3, -0.25) is 4.79 Å².